The van der Waals surface area contributed by atoms with Crippen LogP contribution in [-0.4, -0.2) is 14.4 Å². The van der Waals surface area contributed by atoms with Crippen LogP contribution in [0.25, 0.3) is 28.2 Å². The number of fused-ring (bicyclic) bond motifs is 1. The molecule has 0 radical (unpaired) electrons. The van der Waals surface area contributed by atoms with E-state index >= 15 is 0 Å². The fraction of sp³-hybridized carbons (Fsp3) is 0.0500. The minimum atomic E-state index is -4.57. The minimum Gasteiger partial charge on any atom is -0.284 e. The summed E-state index contributed by atoms with van der Waals surface area (Å²) in [5.74, 6) is -0.633. The Hall–Kier alpha value is -3.73. The fourth-order valence-electron chi connectivity index (χ4n) is 2.95. The van der Waals surface area contributed by atoms with Gasteiger partial charge in [-0.05, 0) is 30.3 Å². The molecule has 28 heavy (non-hydrogen) atoms. The molecule has 0 saturated heterocycles. The van der Waals surface area contributed by atoms with Gasteiger partial charge in [-0.2, -0.15) is 18.4 Å². The molecule has 4 rings (SSSR count). The Bertz CT molecular complexity index is 1240. The van der Waals surface area contributed by atoms with Crippen molar-refractivity contribution in [3.05, 3.63) is 78.0 Å². The summed E-state index contributed by atoms with van der Waals surface area (Å²) in [6.07, 6.45) is -1.98. The number of alkyl halides is 3. The molecule has 2 heterocycles. The Kier molecular flexibility index (Phi) is 4.08. The topological polar surface area (TPSA) is 54.0 Å². The molecule has 4 aromatic rings. The van der Waals surface area contributed by atoms with Crippen LogP contribution in [0.15, 0.2) is 60.9 Å². The molecule has 2 aromatic heterocycles. The Labute approximate surface area is 156 Å². The number of nitriles is 1. The van der Waals surface area contributed by atoms with E-state index in [4.69, 9.17) is 0 Å². The molecule has 0 aliphatic rings. The van der Waals surface area contributed by atoms with Gasteiger partial charge in [0.2, 0.25) is 5.78 Å². The number of hydrogen-bond donors (Lipinski definition) is 0. The smallest absolute Gasteiger partial charge is 0.284 e. The van der Waals surface area contributed by atoms with E-state index in [1.165, 1.54) is 35.0 Å². The lowest BCUT2D eigenvalue weighted by atomic mass is 9.97. The molecule has 2 aromatic carbocycles. The summed E-state index contributed by atoms with van der Waals surface area (Å²) in [6, 6.07) is 13.7. The van der Waals surface area contributed by atoms with E-state index in [1.54, 1.807) is 24.3 Å². The van der Waals surface area contributed by atoms with Crippen LogP contribution < -0.4 is 0 Å². The van der Waals surface area contributed by atoms with Crippen LogP contribution in [0.4, 0.5) is 17.6 Å². The monoisotopic (exact) mass is 382 g/mol. The maximum Gasteiger partial charge on any atom is 0.433 e. The van der Waals surface area contributed by atoms with Crippen LogP contribution in [0.5, 0.6) is 0 Å². The molecule has 0 unspecified atom stereocenters. The van der Waals surface area contributed by atoms with E-state index < -0.39 is 17.7 Å². The maximum atomic E-state index is 14.4. The first-order chi connectivity index (χ1) is 13.4. The van der Waals surface area contributed by atoms with Crippen LogP contribution in [0.2, 0.25) is 0 Å². The number of rotatable bonds is 2. The zero-order valence-electron chi connectivity index (χ0n) is 14.1. The Morgan fingerprint density at radius 3 is 2.54 bits per heavy atom. The predicted octanol–water partition coefficient (Wildman–Crippen LogP) is 5.09. The standard InChI is InChI=1S/C20H10F4N4/c21-16-6-5-12(9-15(16)14-4-2-1-3-13(14)10-25)17-11-26-19-27-18(20(22,23)24)7-8-28(17)19/h1-9,11H. The molecule has 0 N–H and O–H groups in total. The molecule has 138 valence electrons. The van der Waals surface area contributed by atoms with Gasteiger partial charge < -0.3 is 0 Å². The third-order valence-electron chi connectivity index (χ3n) is 4.27. The Morgan fingerprint density at radius 2 is 1.79 bits per heavy atom. The number of benzene rings is 2. The van der Waals surface area contributed by atoms with E-state index in [0.717, 1.165) is 6.07 Å². The highest BCUT2D eigenvalue weighted by Crippen LogP contribution is 2.32. The number of aromatic nitrogens is 3. The largest absolute Gasteiger partial charge is 0.433 e. The van der Waals surface area contributed by atoms with Gasteiger partial charge in [0.15, 0.2) is 0 Å². The Balaban J connectivity index is 1.86. The van der Waals surface area contributed by atoms with Crippen LogP contribution in [0.3, 0.4) is 0 Å². The van der Waals surface area contributed by atoms with Crippen molar-refractivity contribution in [2.45, 2.75) is 6.18 Å². The second-order valence-corrected chi connectivity index (χ2v) is 5.98. The molecule has 0 fully saturated rings. The van der Waals surface area contributed by atoms with Gasteiger partial charge >= 0.3 is 6.18 Å². The van der Waals surface area contributed by atoms with Crippen molar-refractivity contribution in [3.8, 4) is 28.5 Å². The van der Waals surface area contributed by atoms with Gasteiger partial charge in [0.25, 0.3) is 0 Å². The second-order valence-electron chi connectivity index (χ2n) is 5.98. The summed E-state index contributed by atoms with van der Waals surface area (Å²) in [5.41, 5.74) is 0.887. The van der Waals surface area contributed by atoms with Gasteiger partial charge in [0.05, 0.1) is 23.5 Å². The summed E-state index contributed by atoms with van der Waals surface area (Å²) in [5, 5.41) is 9.27. The van der Waals surface area contributed by atoms with Crippen molar-refractivity contribution in [2.24, 2.45) is 0 Å². The van der Waals surface area contributed by atoms with Gasteiger partial charge in [-0.3, -0.25) is 4.40 Å². The number of halogens is 4. The number of imidazole rings is 1. The minimum absolute atomic E-state index is 0.117. The highest BCUT2D eigenvalue weighted by Gasteiger charge is 2.33. The first-order valence-electron chi connectivity index (χ1n) is 8.09. The highest BCUT2D eigenvalue weighted by atomic mass is 19.4. The van der Waals surface area contributed by atoms with Crippen LogP contribution in [0, 0.1) is 17.1 Å². The van der Waals surface area contributed by atoms with Crippen molar-refractivity contribution in [1.82, 2.24) is 14.4 Å². The SMILES string of the molecule is N#Cc1ccccc1-c1cc(-c2cnc3nc(C(F)(F)F)ccn23)ccc1F. The first kappa shape index (κ1) is 17.7. The van der Waals surface area contributed by atoms with E-state index in [2.05, 4.69) is 9.97 Å². The first-order valence-corrected chi connectivity index (χ1v) is 8.09. The van der Waals surface area contributed by atoms with Gasteiger partial charge in [-0.1, -0.05) is 18.2 Å². The van der Waals surface area contributed by atoms with Crippen molar-refractivity contribution in [3.63, 3.8) is 0 Å². The van der Waals surface area contributed by atoms with Crippen molar-refractivity contribution in [2.75, 3.05) is 0 Å². The fourth-order valence-corrected chi connectivity index (χ4v) is 2.95. The van der Waals surface area contributed by atoms with E-state index in [1.807, 2.05) is 6.07 Å². The van der Waals surface area contributed by atoms with Crippen LogP contribution >= 0.6 is 0 Å². The maximum absolute atomic E-state index is 14.4. The number of nitrogens with zero attached hydrogens (tertiary/aromatic N) is 4. The summed E-state index contributed by atoms with van der Waals surface area (Å²) >= 11 is 0. The average Bonchev–Trinajstić information content (AvgIpc) is 3.11. The van der Waals surface area contributed by atoms with Gasteiger partial charge in [0.1, 0.15) is 11.5 Å². The van der Waals surface area contributed by atoms with Gasteiger partial charge in [-0.25, -0.2) is 14.4 Å². The number of hydrogen-bond acceptors (Lipinski definition) is 3. The second kappa shape index (κ2) is 6.46. The van der Waals surface area contributed by atoms with Crippen molar-refractivity contribution < 1.29 is 17.6 Å². The molecule has 0 amide bonds. The molecule has 0 aliphatic carbocycles. The molecule has 0 aliphatic heterocycles. The summed E-state index contributed by atoms with van der Waals surface area (Å²) in [4.78, 5) is 7.46. The summed E-state index contributed by atoms with van der Waals surface area (Å²) in [7, 11) is 0. The normalized spacial score (nSPS) is 11.5. The van der Waals surface area contributed by atoms with Crippen LogP contribution in [-0.2, 0) is 6.18 Å². The van der Waals surface area contributed by atoms with Gasteiger partial charge in [0, 0.05) is 22.9 Å². The molecule has 8 heteroatoms. The lowest BCUT2D eigenvalue weighted by Gasteiger charge is -2.09. The van der Waals surface area contributed by atoms with E-state index in [0.29, 0.717) is 22.4 Å². The molecule has 0 bridgehead atoms. The molecule has 0 spiro atoms. The van der Waals surface area contributed by atoms with Crippen LogP contribution in [0.1, 0.15) is 11.3 Å². The Morgan fingerprint density at radius 1 is 1.00 bits per heavy atom. The lowest BCUT2D eigenvalue weighted by Crippen LogP contribution is -2.09. The average molecular weight is 382 g/mol. The lowest BCUT2D eigenvalue weighted by molar-refractivity contribution is -0.141. The highest BCUT2D eigenvalue weighted by molar-refractivity contribution is 5.76. The molecule has 0 atom stereocenters. The molecular weight excluding hydrogens is 372 g/mol. The zero-order valence-corrected chi connectivity index (χ0v) is 14.1. The predicted molar refractivity (Wildman–Crippen MR) is 93.5 cm³/mol. The van der Waals surface area contributed by atoms with Crippen molar-refractivity contribution in [1.29, 1.82) is 5.26 Å². The molecule has 4 nitrogen and oxygen atoms in total. The molecular formula is C20H10F4N4. The quantitative estimate of drug-likeness (QED) is 0.454. The van der Waals surface area contributed by atoms with Crippen molar-refractivity contribution >= 4 is 5.78 Å². The zero-order chi connectivity index (χ0) is 19.9. The molecule has 0 saturated carbocycles. The summed E-state index contributed by atoms with van der Waals surface area (Å²) in [6.45, 7) is 0. The third-order valence-corrected chi connectivity index (χ3v) is 4.27. The van der Waals surface area contributed by atoms with E-state index in [9.17, 15) is 22.8 Å². The summed E-state index contributed by atoms with van der Waals surface area (Å²) < 4.78 is 54.3. The van der Waals surface area contributed by atoms with E-state index in [-0.39, 0.29) is 11.3 Å². The third kappa shape index (κ3) is 2.97. The van der Waals surface area contributed by atoms with Gasteiger partial charge in [-0.15, -0.1) is 0 Å².